The summed E-state index contributed by atoms with van der Waals surface area (Å²) >= 11 is 0. The van der Waals surface area contributed by atoms with Gasteiger partial charge in [-0.05, 0) is 38.0 Å². The first-order valence-corrected chi connectivity index (χ1v) is 8.03. The molecule has 1 aromatic carbocycles. The van der Waals surface area contributed by atoms with Crippen LogP contribution in [0.5, 0.6) is 5.75 Å². The summed E-state index contributed by atoms with van der Waals surface area (Å²) in [6.07, 6.45) is 1.25. The summed E-state index contributed by atoms with van der Waals surface area (Å²) < 4.78 is 5.21. The van der Waals surface area contributed by atoms with Crippen LogP contribution in [0, 0.1) is 12.8 Å². The molecule has 0 aliphatic carbocycles. The van der Waals surface area contributed by atoms with E-state index in [0.29, 0.717) is 37.2 Å². The van der Waals surface area contributed by atoms with Gasteiger partial charge in [-0.25, -0.2) is 0 Å². The van der Waals surface area contributed by atoms with E-state index in [1.165, 1.54) is 0 Å². The van der Waals surface area contributed by atoms with Gasteiger partial charge < -0.3 is 15.4 Å². The number of hydrogen-bond donors (Lipinski definition) is 1. The highest BCUT2D eigenvalue weighted by molar-refractivity contribution is 5.99. The fourth-order valence-corrected chi connectivity index (χ4v) is 3.12. The molecule has 0 bridgehead atoms. The van der Waals surface area contributed by atoms with E-state index in [4.69, 9.17) is 10.5 Å². The monoisotopic (exact) mass is 327 g/mol. The number of amides is 2. The van der Waals surface area contributed by atoms with E-state index < -0.39 is 0 Å². The Morgan fingerprint density at radius 2 is 1.96 bits per heavy atom. The van der Waals surface area contributed by atoms with Crippen LogP contribution < -0.4 is 10.5 Å². The molecule has 1 fully saturated rings. The first-order valence-electron chi connectivity index (χ1n) is 8.03. The highest BCUT2D eigenvalue weighted by Crippen LogP contribution is 2.24. The molecular weight excluding hydrogens is 306 g/mol. The van der Waals surface area contributed by atoms with E-state index >= 15 is 0 Å². The molecule has 1 aliphatic rings. The number of piperidine rings is 1. The van der Waals surface area contributed by atoms with E-state index in [0.717, 1.165) is 16.7 Å². The van der Waals surface area contributed by atoms with E-state index in [2.05, 4.69) is 4.98 Å². The van der Waals surface area contributed by atoms with Crippen molar-refractivity contribution in [3.05, 3.63) is 35.5 Å². The van der Waals surface area contributed by atoms with E-state index in [-0.39, 0.29) is 17.7 Å². The molecule has 3 rings (SSSR count). The molecule has 2 amide bonds. The van der Waals surface area contributed by atoms with Gasteiger partial charge in [-0.3, -0.25) is 14.6 Å². The van der Waals surface area contributed by atoms with Crippen LogP contribution in [0.3, 0.4) is 0 Å². The van der Waals surface area contributed by atoms with Gasteiger partial charge in [0.25, 0.3) is 5.91 Å². The minimum Gasteiger partial charge on any atom is -0.497 e. The van der Waals surface area contributed by atoms with Gasteiger partial charge in [0.15, 0.2) is 0 Å². The third-order valence-electron chi connectivity index (χ3n) is 4.63. The lowest BCUT2D eigenvalue weighted by atomic mass is 9.95. The number of likely N-dealkylation sites (tertiary alicyclic amines) is 1. The van der Waals surface area contributed by atoms with Crippen molar-refractivity contribution in [1.29, 1.82) is 0 Å². The summed E-state index contributed by atoms with van der Waals surface area (Å²) in [5.74, 6) is 0.291. The van der Waals surface area contributed by atoms with Crippen molar-refractivity contribution >= 4 is 22.7 Å². The fraction of sp³-hybridized carbons (Fsp3) is 0.389. The van der Waals surface area contributed by atoms with Crippen LogP contribution in [0.25, 0.3) is 10.9 Å². The number of aromatic nitrogens is 1. The number of nitrogens with two attached hydrogens (primary N) is 1. The molecule has 0 radical (unpaired) electrons. The fourth-order valence-electron chi connectivity index (χ4n) is 3.12. The highest BCUT2D eigenvalue weighted by Gasteiger charge is 2.27. The van der Waals surface area contributed by atoms with Gasteiger partial charge in [-0.15, -0.1) is 0 Å². The first kappa shape index (κ1) is 16.2. The average Bonchev–Trinajstić information content (AvgIpc) is 2.60. The largest absolute Gasteiger partial charge is 0.497 e. The van der Waals surface area contributed by atoms with Crippen LogP contribution in [0.2, 0.25) is 0 Å². The third kappa shape index (κ3) is 3.04. The lowest BCUT2D eigenvalue weighted by Crippen LogP contribution is -2.42. The van der Waals surface area contributed by atoms with Gasteiger partial charge in [0.2, 0.25) is 5.91 Å². The number of nitrogens with zero attached hydrogens (tertiary/aromatic N) is 2. The van der Waals surface area contributed by atoms with Gasteiger partial charge in [-0.2, -0.15) is 0 Å². The topological polar surface area (TPSA) is 85.5 Å². The zero-order valence-corrected chi connectivity index (χ0v) is 13.9. The average molecular weight is 327 g/mol. The number of methoxy groups -OCH3 is 1. The van der Waals surface area contributed by atoms with Gasteiger partial charge in [0.1, 0.15) is 5.75 Å². The van der Waals surface area contributed by atoms with Crippen molar-refractivity contribution in [2.75, 3.05) is 20.2 Å². The molecule has 6 nitrogen and oxygen atoms in total. The lowest BCUT2D eigenvalue weighted by molar-refractivity contribution is -0.123. The Hall–Kier alpha value is -2.63. The number of benzene rings is 1. The second-order valence-corrected chi connectivity index (χ2v) is 6.15. The highest BCUT2D eigenvalue weighted by atomic mass is 16.5. The van der Waals surface area contributed by atoms with Crippen molar-refractivity contribution in [2.24, 2.45) is 11.7 Å². The maximum absolute atomic E-state index is 12.8. The molecule has 0 atom stereocenters. The second-order valence-electron chi connectivity index (χ2n) is 6.15. The van der Waals surface area contributed by atoms with Crippen LogP contribution in [0.15, 0.2) is 24.3 Å². The minimum atomic E-state index is -0.278. The molecule has 1 saturated heterocycles. The van der Waals surface area contributed by atoms with Crippen LogP contribution >= 0.6 is 0 Å². The molecule has 2 heterocycles. The number of ether oxygens (including phenoxy) is 1. The second kappa shape index (κ2) is 6.47. The SMILES string of the molecule is COc1ccc2cc(C(=O)N3CCC(C(N)=O)CC3)c(C)nc2c1. The number of pyridine rings is 1. The summed E-state index contributed by atoms with van der Waals surface area (Å²) in [5, 5.41) is 0.900. The number of primary amides is 1. The molecule has 1 aliphatic heterocycles. The van der Waals surface area contributed by atoms with Crippen LogP contribution in [-0.4, -0.2) is 41.9 Å². The summed E-state index contributed by atoms with van der Waals surface area (Å²) in [7, 11) is 1.61. The Kier molecular flexibility index (Phi) is 4.38. The van der Waals surface area contributed by atoms with Crippen molar-refractivity contribution in [3.63, 3.8) is 0 Å². The predicted molar refractivity (Wildman–Crippen MR) is 90.9 cm³/mol. The minimum absolute atomic E-state index is 0.0411. The Bertz CT molecular complexity index is 795. The maximum Gasteiger partial charge on any atom is 0.255 e. The molecule has 0 spiro atoms. The molecule has 2 aromatic rings. The van der Waals surface area contributed by atoms with Crippen molar-refractivity contribution < 1.29 is 14.3 Å². The van der Waals surface area contributed by atoms with Gasteiger partial charge in [-0.1, -0.05) is 0 Å². The summed E-state index contributed by atoms with van der Waals surface area (Å²) in [6, 6.07) is 7.48. The summed E-state index contributed by atoms with van der Waals surface area (Å²) in [6.45, 7) is 2.93. The zero-order chi connectivity index (χ0) is 17.3. The zero-order valence-electron chi connectivity index (χ0n) is 13.9. The smallest absolute Gasteiger partial charge is 0.255 e. The Balaban J connectivity index is 1.85. The predicted octanol–water partition coefficient (Wildman–Crippen LogP) is 1.89. The maximum atomic E-state index is 12.8. The molecule has 6 heteroatoms. The molecule has 24 heavy (non-hydrogen) atoms. The standard InChI is InChI=1S/C18H21N3O3/c1-11-15(9-13-3-4-14(24-2)10-16(13)20-11)18(23)21-7-5-12(6-8-21)17(19)22/h3-4,9-10,12H,5-8H2,1-2H3,(H2,19,22). The van der Waals surface area contributed by atoms with Gasteiger partial charge in [0.05, 0.1) is 23.9 Å². The molecule has 2 N–H and O–H groups in total. The number of rotatable bonds is 3. The lowest BCUT2D eigenvalue weighted by Gasteiger charge is -2.31. The normalized spacial score (nSPS) is 15.5. The Morgan fingerprint density at radius 3 is 2.58 bits per heavy atom. The van der Waals surface area contributed by atoms with Gasteiger partial charge >= 0.3 is 0 Å². The summed E-state index contributed by atoms with van der Waals surface area (Å²) in [5.41, 5.74) is 7.44. The third-order valence-corrected chi connectivity index (χ3v) is 4.63. The van der Waals surface area contributed by atoms with E-state index in [1.54, 1.807) is 12.0 Å². The van der Waals surface area contributed by atoms with E-state index in [1.807, 2.05) is 31.2 Å². The van der Waals surface area contributed by atoms with E-state index in [9.17, 15) is 9.59 Å². The Morgan fingerprint density at radius 1 is 1.25 bits per heavy atom. The van der Waals surface area contributed by atoms with Crippen molar-refractivity contribution in [3.8, 4) is 5.75 Å². The van der Waals surface area contributed by atoms with Crippen molar-refractivity contribution in [2.45, 2.75) is 19.8 Å². The first-order chi connectivity index (χ1) is 11.5. The number of hydrogen-bond acceptors (Lipinski definition) is 4. The van der Waals surface area contributed by atoms with Gasteiger partial charge in [0, 0.05) is 30.5 Å². The van der Waals surface area contributed by atoms with Crippen LogP contribution in [0.4, 0.5) is 0 Å². The van der Waals surface area contributed by atoms with Crippen molar-refractivity contribution in [1.82, 2.24) is 9.88 Å². The number of carbonyl (C=O) groups excluding carboxylic acids is 2. The molecule has 0 unspecified atom stereocenters. The molecule has 0 saturated carbocycles. The molecule has 126 valence electrons. The number of carbonyl (C=O) groups is 2. The molecule has 1 aromatic heterocycles. The van der Waals surface area contributed by atoms with Crippen LogP contribution in [-0.2, 0) is 4.79 Å². The quantitative estimate of drug-likeness (QED) is 0.933. The molecular formula is C18H21N3O3. The Labute approximate surface area is 140 Å². The number of fused-ring (bicyclic) bond motifs is 1. The summed E-state index contributed by atoms with van der Waals surface area (Å²) in [4.78, 5) is 30.4. The number of aryl methyl sites for hydroxylation is 1. The van der Waals surface area contributed by atoms with Crippen LogP contribution in [0.1, 0.15) is 28.9 Å².